The van der Waals surface area contributed by atoms with Gasteiger partial charge in [-0.15, -0.1) is 0 Å². The van der Waals surface area contributed by atoms with Gasteiger partial charge in [-0.3, -0.25) is 4.79 Å². The number of sulfone groups is 1. The van der Waals surface area contributed by atoms with Crippen LogP contribution in [0.4, 0.5) is 5.69 Å². The minimum Gasteiger partial charge on any atom is -0.372 e. The van der Waals surface area contributed by atoms with E-state index in [0.717, 1.165) is 35.5 Å². The van der Waals surface area contributed by atoms with Crippen molar-refractivity contribution in [3.05, 3.63) is 71.4 Å². The Balaban J connectivity index is 1.59. The predicted molar refractivity (Wildman–Crippen MR) is 134 cm³/mol. The van der Waals surface area contributed by atoms with E-state index in [2.05, 4.69) is 23.9 Å². The molecule has 0 N–H and O–H groups in total. The van der Waals surface area contributed by atoms with Crippen molar-refractivity contribution in [3.8, 4) is 11.3 Å². The van der Waals surface area contributed by atoms with Crippen molar-refractivity contribution in [2.24, 2.45) is 0 Å². The van der Waals surface area contributed by atoms with Crippen molar-refractivity contribution >= 4 is 21.4 Å². The van der Waals surface area contributed by atoms with Gasteiger partial charge in [0.15, 0.2) is 21.3 Å². The largest absolute Gasteiger partial charge is 0.372 e. The third-order valence-corrected chi connectivity index (χ3v) is 8.14. The second kappa shape index (κ2) is 10.0. The first kappa shape index (κ1) is 24.0. The van der Waals surface area contributed by atoms with Crippen molar-refractivity contribution < 1.29 is 17.7 Å². The molecule has 1 atom stereocenters. The Morgan fingerprint density at radius 3 is 2.32 bits per heavy atom. The van der Waals surface area contributed by atoms with Crippen LogP contribution in [-0.2, 0) is 16.4 Å². The molecule has 1 aliphatic rings. The molecule has 1 aliphatic heterocycles. The Kier molecular flexibility index (Phi) is 7.07. The highest BCUT2D eigenvalue weighted by Gasteiger charge is 2.36. The molecule has 7 nitrogen and oxygen atoms in total. The third kappa shape index (κ3) is 5.33. The molecule has 180 valence electrons. The first-order valence-corrected chi connectivity index (χ1v) is 13.5. The number of hydrogen-bond acceptors (Lipinski definition) is 6. The summed E-state index contributed by atoms with van der Waals surface area (Å²) in [6.07, 6.45) is 0.425. The fraction of sp³-hybridized carbons (Fsp3) is 0.385. The number of carbonyl (C=O) groups excluding carboxylic acids is 1. The van der Waals surface area contributed by atoms with Gasteiger partial charge < -0.3 is 14.3 Å². The number of hydrogen-bond donors (Lipinski definition) is 0. The molecule has 2 heterocycles. The highest BCUT2D eigenvalue weighted by molar-refractivity contribution is 7.91. The molecule has 3 aromatic rings. The summed E-state index contributed by atoms with van der Waals surface area (Å²) >= 11 is 0. The second-order valence-electron chi connectivity index (χ2n) is 8.77. The molecular weight excluding hydrogens is 450 g/mol. The molecule has 1 fully saturated rings. The lowest BCUT2D eigenvalue weighted by Gasteiger charge is -2.28. The van der Waals surface area contributed by atoms with Crippen molar-refractivity contribution in [2.75, 3.05) is 29.5 Å². The number of amides is 1. The molecule has 0 radical (unpaired) electrons. The Bertz CT molecular complexity index is 1230. The number of aryl methyl sites for hydroxylation is 1. The summed E-state index contributed by atoms with van der Waals surface area (Å²) in [5.74, 6) is 0.247. The van der Waals surface area contributed by atoms with Crippen LogP contribution < -0.4 is 4.90 Å². The number of benzene rings is 2. The molecule has 1 amide bonds. The summed E-state index contributed by atoms with van der Waals surface area (Å²) < 4.78 is 29.8. The van der Waals surface area contributed by atoms with Gasteiger partial charge in [0.25, 0.3) is 5.91 Å². The lowest BCUT2D eigenvalue weighted by molar-refractivity contribution is 0.0670. The van der Waals surface area contributed by atoms with Crippen LogP contribution in [0, 0.1) is 6.92 Å². The van der Waals surface area contributed by atoms with E-state index < -0.39 is 9.84 Å². The summed E-state index contributed by atoms with van der Waals surface area (Å²) in [4.78, 5) is 17.4. The molecule has 0 aliphatic carbocycles. The minimum atomic E-state index is -3.16. The van der Waals surface area contributed by atoms with E-state index in [1.165, 1.54) is 0 Å². The van der Waals surface area contributed by atoms with Crippen LogP contribution in [0.1, 0.15) is 41.9 Å². The zero-order valence-electron chi connectivity index (χ0n) is 19.9. The Morgan fingerprint density at radius 2 is 1.74 bits per heavy atom. The number of rotatable bonds is 8. The molecule has 1 saturated heterocycles. The van der Waals surface area contributed by atoms with Crippen LogP contribution in [0.25, 0.3) is 11.3 Å². The van der Waals surface area contributed by atoms with E-state index in [4.69, 9.17) is 4.52 Å². The first-order valence-electron chi connectivity index (χ1n) is 11.7. The molecule has 1 aromatic heterocycles. The maximum atomic E-state index is 13.5. The van der Waals surface area contributed by atoms with Gasteiger partial charge in [0.05, 0.1) is 11.5 Å². The van der Waals surface area contributed by atoms with Gasteiger partial charge in [-0.1, -0.05) is 47.1 Å². The molecule has 0 bridgehead atoms. The van der Waals surface area contributed by atoms with E-state index in [1.807, 2.05) is 55.5 Å². The summed E-state index contributed by atoms with van der Waals surface area (Å²) in [5, 5.41) is 4.02. The average Bonchev–Trinajstić information content (AvgIpc) is 3.46. The van der Waals surface area contributed by atoms with Gasteiger partial charge in [-0.25, -0.2) is 8.42 Å². The highest BCUT2D eigenvalue weighted by Crippen LogP contribution is 2.26. The average molecular weight is 482 g/mol. The smallest absolute Gasteiger partial charge is 0.276 e. The van der Waals surface area contributed by atoms with Crippen LogP contribution in [0.2, 0.25) is 0 Å². The maximum Gasteiger partial charge on any atom is 0.276 e. The van der Waals surface area contributed by atoms with E-state index in [-0.39, 0.29) is 29.1 Å². The van der Waals surface area contributed by atoms with Gasteiger partial charge >= 0.3 is 0 Å². The molecule has 4 rings (SSSR count). The molecular formula is C26H31N3O4S. The minimum absolute atomic E-state index is 0.0288. The van der Waals surface area contributed by atoms with Gasteiger partial charge in [0, 0.05) is 43.0 Å². The summed E-state index contributed by atoms with van der Waals surface area (Å²) in [7, 11) is -3.16. The van der Waals surface area contributed by atoms with Gasteiger partial charge in [0.1, 0.15) is 0 Å². The molecule has 0 spiro atoms. The fourth-order valence-electron chi connectivity index (χ4n) is 4.36. The molecule has 8 heteroatoms. The van der Waals surface area contributed by atoms with Crippen LogP contribution >= 0.6 is 0 Å². The van der Waals surface area contributed by atoms with E-state index >= 15 is 0 Å². The van der Waals surface area contributed by atoms with Gasteiger partial charge in [-0.2, -0.15) is 0 Å². The first-order chi connectivity index (χ1) is 16.3. The van der Waals surface area contributed by atoms with Crippen molar-refractivity contribution in [1.82, 2.24) is 10.1 Å². The molecule has 2 aromatic carbocycles. The van der Waals surface area contributed by atoms with E-state index in [0.29, 0.717) is 18.7 Å². The normalized spacial score (nSPS) is 17.0. The molecule has 34 heavy (non-hydrogen) atoms. The Morgan fingerprint density at radius 1 is 1.06 bits per heavy atom. The van der Waals surface area contributed by atoms with Crippen LogP contribution in [0.3, 0.4) is 0 Å². The topological polar surface area (TPSA) is 83.7 Å². The van der Waals surface area contributed by atoms with Crippen molar-refractivity contribution in [3.63, 3.8) is 0 Å². The Hall–Kier alpha value is -3.13. The second-order valence-corrected chi connectivity index (χ2v) is 11.0. The number of aromatic nitrogens is 1. The van der Waals surface area contributed by atoms with Crippen LogP contribution in [0.5, 0.6) is 0 Å². The zero-order chi connectivity index (χ0) is 24.3. The van der Waals surface area contributed by atoms with Crippen molar-refractivity contribution in [2.45, 2.75) is 39.8 Å². The van der Waals surface area contributed by atoms with E-state index in [1.54, 1.807) is 11.0 Å². The molecule has 1 unspecified atom stereocenters. The standard InChI is InChI=1S/C26H31N3O4S/c1-4-28(5-2)22-12-8-20(9-13-22)17-29(23-14-15-34(31,32)18-23)26(30)24-16-25(33-27-24)21-10-6-19(3)7-11-21/h6-13,16,23H,4-5,14-15,17-18H2,1-3H3. The van der Waals surface area contributed by atoms with Crippen LogP contribution in [0.15, 0.2) is 59.1 Å². The lowest BCUT2D eigenvalue weighted by Crippen LogP contribution is -2.40. The third-order valence-electron chi connectivity index (χ3n) is 6.39. The lowest BCUT2D eigenvalue weighted by atomic mass is 10.1. The maximum absolute atomic E-state index is 13.5. The highest BCUT2D eigenvalue weighted by atomic mass is 32.2. The molecule has 0 saturated carbocycles. The monoisotopic (exact) mass is 481 g/mol. The number of nitrogens with zero attached hydrogens (tertiary/aromatic N) is 3. The van der Waals surface area contributed by atoms with Gasteiger partial charge in [-0.05, 0) is 44.9 Å². The van der Waals surface area contributed by atoms with E-state index in [9.17, 15) is 13.2 Å². The van der Waals surface area contributed by atoms with Crippen LogP contribution in [-0.4, -0.2) is 55.0 Å². The number of carbonyl (C=O) groups is 1. The van der Waals surface area contributed by atoms with Crippen molar-refractivity contribution in [1.29, 1.82) is 0 Å². The SMILES string of the molecule is CCN(CC)c1ccc(CN(C(=O)c2cc(-c3ccc(C)cc3)on2)C2CCS(=O)(=O)C2)cc1. The summed E-state index contributed by atoms with van der Waals surface area (Å²) in [6, 6.07) is 17.1. The Labute approximate surface area is 201 Å². The quantitative estimate of drug-likeness (QED) is 0.476. The summed E-state index contributed by atoms with van der Waals surface area (Å²) in [6.45, 7) is 8.36. The zero-order valence-corrected chi connectivity index (χ0v) is 20.7. The predicted octanol–water partition coefficient (Wildman–Crippen LogP) is 4.33. The van der Waals surface area contributed by atoms with Gasteiger partial charge in [0.2, 0.25) is 0 Å². The summed E-state index contributed by atoms with van der Waals surface area (Å²) in [5.41, 5.74) is 4.20. The fourth-order valence-corrected chi connectivity index (χ4v) is 6.09. The number of anilines is 1.